The van der Waals surface area contributed by atoms with Crippen molar-refractivity contribution in [2.24, 2.45) is 0 Å². The van der Waals surface area contributed by atoms with Crippen molar-refractivity contribution in [2.75, 3.05) is 0 Å². The second kappa shape index (κ2) is 5.24. The quantitative estimate of drug-likeness (QED) is 0.504. The van der Waals surface area contributed by atoms with Crippen LogP contribution in [0, 0.1) is 0 Å². The molecule has 0 aliphatic heterocycles. The highest BCUT2D eigenvalue weighted by Crippen LogP contribution is 2.08. The van der Waals surface area contributed by atoms with E-state index in [0.717, 1.165) is 6.42 Å². The van der Waals surface area contributed by atoms with Crippen LogP contribution < -0.4 is 0 Å². The summed E-state index contributed by atoms with van der Waals surface area (Å²) in [6.45, 7) is 1.91. The summed E-state index contributed by atoms with van der Waals surface area (Å²) in [6.07, 6.45) is 1.76. The predicted octanol–water partition coefficient (Wildman–Crippen LogP) is 0.157. The lowest BCUT2D eigenvalue weighted by Gasteiger charge is -2.12. The van der Waals surface area contributed by atoms with Gasteiger partial charge >= 0.3 is 0 Å². The van der Waals surface area contributed by atoms with Gasteiger partial charge in [0.2, 0.25) is 0 Å². The SMILES string of the molecule is CCCC(=O)CCCC(O)(O)O. The van der Waals surface area contributed by atoms with Gasteiger partial charge in [0.1, 0.15) is 5.78 Å². The maximum absolute atomic E-state index is 10.9. The molecule has 0 rings (SSSR count). The third-order valence-electron chi connectivity index (χ3n) is 1.50. The Bertz CT molecular complexity index is 136. The largest absolute Gasteiger partial charge is 0.344 e. The average Bonchev–Trinajstić information content (AvgIpc) is 1.84. The second-order valence-electron chi connectivity index (χ2n) is 2.92. The zero-order valence-corrected chi connectivity index (χ0v) is 7.29. The first-order valence-electron chi connectivity index (χ1n) is 4.14. The summed E-state index contributed by atoms with van der Waals surface area (Å²) in [5, 5.41) is 25.4. The van der Waals surface area contributed by atoms with Crippen LogP contribution in [0.3, 0.4) is 0 Å². The van der Waals surface area contributed by atoms with Crippen molar-refractivity contribution in [1.82, 2.24) is 0 Å². The zero-order chi connectivity index (χ0) is 9.61. The Kier molecular flexibility index (Phi) is 5.04. The minimum atomic E-state index is -2.62. The first kappa shape index (κ1) is 11.6. The van der Waals surface area contributed by atoms with E-state index in [9.17, 15) is 4.79 Å². The predicted molar refractivity (Wildman–Crippen MR) is 43.2 cm³/mol. The number of hydrogen-bond donors (Lipinski definition) is 3. The van der Waals surface area contributed by atoms with Crippen LogP contribution in [0.15, 0.2) is 0 Å². The molecule has 0 fully saturated rings. The van der Waals surface area contributed by atoms with E-state index < -0.39 is 5.97 Å². The average molecular weight is 176 g/mol. The number of carbonyl (C=O) groups is 1. The fraction of sp³-hybridized carbons (Fsp3) is 0.875. The van der Waals surface area contributed by atoms with E-state index in [1.165, 1.54) is 0 Å². The molecule has 0 aliphatic carbocycles. The van der Waals surface area contributed by atoms with Crippen LogP contribution in [-0.2, 0) is 4.79 Å². The summed E-state index contributed by atoms with van der Waals surface area (Å²) in [5.41, 5.74) is 0. The Hall–Kier alpha value is -0.450. The van der Waals surface area contributed by atoms with Gasteiger partial charge in [-0.05, 0) is 12.8 Å². The highest BCUT2D eigenvalue weighted by molar-refractivity contribution is 5.78. The van der Waals surface area contributed by atoms with Crippen molar-refractivity contribution in [1.29, 1.82) is 0 Å². The maximum atomic E-state index is 10.9. The number of aliphatic hydroxyl groups is 3. The molecule has 12 heavy (non-hydrogen) atoms. The van der Waals surface area contributed by atoms with Crippen LogP contribution in [0.5, 0.6) is 0 Å². The molecule has 0 radical (unpaired) electrons. The van der Waals surface area contributed by atoms with Crippen LogP contribution in [0.1, 0.15) is 39.0 Å². The summed E-state index contributed by atoms with van der Waals surface area (Å²) in [7, 11) is 0. The van der Waals surface area contributed by atoms with Gasteiger partial charge in [0.15, 0.2) is 0 Å². The Labute approximate surface area is 71.8 Å². The van der Waals surface area contributed by atoms with Crippen molar-refractivity contribution in [3.05, 3.63) is 0 Å². The summed E-state index contributed by atoms with van der Waals surface area (Å²) in [5.74, 6) is -2.52. The van der Waals surface area contributed by atoms with Gasteiger partial charge in [0.25, 0.3) is 5.97 Å². The van der Waals surface area contributed by atoms with Gasteiger partial charge in [-0.2, -0.15) is 0 Å². The Morgan fingerprint density at radius 2 is 1.83 bits per heavy atom. The fourth-order valence-corrected chi connectivity index (χ4v) is 0.927. The molecule has 0 amide bonds. The summed E-state index contributed by atoms with van der Waals surface area (Å²) in [6, 6.07) is 0. The van der Waals surface area contributed by atoms with Crippen molar-refractivity contribution in [2.45, 2.75) is 45.0 Å². The van der Waals surface area contributed by atoms with Gasteiger partial charge in [-0.1, -0.05) is 6.92 Å². The summed E-state index contributed by atoms with van der Waals surface area (Å²) >= 11 is 0. The molecule has 0 spiro atoms. The molecule has 0 unspecified atom stereocenters. The first-order chi connectivity index (χ1) is 5.45. The van der Waals surface area contributed by atoms with Crippen molar-refractivity contribution in [3.63, 3.8) is 0 Å². The number of carbonyl (C=O) groups excluding carboxylic acids is 1. The first-order valence-corrected chi connectivity index (χ1v) is 4.14. The van der Waals surface area contributed by atoms with E-state index in [1.54, 1.807) is 0 Å². The highest BCUT2D eigenvalue weighted by atomic mass is 16.7. The molecule has 72 valence electrons. The number of Topliss-reactive ketones (excluding diaryl/α,β-unsaturated/α-hetero) is 1. The van der Waals surface area contributed by atoms with Crippen LogP contribution in [0.2, 0.25) is 0 Å². The molecule has 4 nitrogen and oxygen atoms in total. The molecule has 0 aliphatic rings. The van der Waals surface area contributed by atoms with Gasteiger partial charge < -0.3 is 15.3 Å². The molecule has 0 aromatic heterocycles. The van der Waals surface area contributed by atoms with Crippen molar-refractivity contribution < 1.29 is 20.1 Å². The van der Waals surface area contributed by atoms with Crippen LogP contribution in [-0.4, -0.2) is 27.1 Å². The van der Waals surface area contributed by atoms with E-state index in [0.29, 0.717) is 19.3 Å². The van der Waals surface area contributed by atoms with E-state index >= 15 is 0 Å². The minimum Gasteiger partial charge on any atom is -0.344 e. The maximum Gasteiger partial charge on any atom is 0.275 e. The lowest BCUT2D eigenvalue weighted by atomic mass is 10.1. The number of ketones is 1. The van der Waals surface area contributed by atoms with Gasteiger partial charge in [-0.25, -0.2) is 0 Å². The Morgan fingerprint density at radius 3 is 2.25 bits per heavy atom. The topological polar surface area (TPSA) is 77.8 Å². The molecular weight excluding hydrogens is 160 g/mol. The van der Waals surface area contributed by atoms with E-state index in [1.807, 2.05) is 6.92 Å². The molecule has 0 atom stereocenters. The summed E-state index contributed by atoms with van der Waals surface area (Å²) in [4.78, 5) is 10.9. The zero-order valence-electron chi connectivity index (χ0n) is 7.29. The molecule has 3 N–H and O–H groups in total. The number of hydrogen-bond acceptors (Lipinski definition) is 4. The van der Waals surface area contributed by atoms with Crippen LogP contribution in [0.4, 0.5) is 0 Å². The molecule has 0 aromatic rings. The molecule has 0 saturated carbocycles. The monoisotopic (exact) mass is 176 g/mol. The van der Waals surface area contributed by atoms with E-state index in [-0.39, 0.29) is 12.2 Å². The van der Waals surface area contributed by atoms with Crippen LogP contribution in [0.25, 0.3) is 0 Å². The fourth-order valence-electron chi connectivity index (χ4n) is 0.927. The minimum absolute atomic E-state index is 0.0988. The highest BCUT2D eigenvalue weighted by Gasteiger charge is 2.17. The number of rotatable bonds is 6. The normalized spacial score (nSPS) is 11.7. The molecule has 4 heteroatoms. The van der Waals surface area contributed by atoms with Gasteiger partial charge in [0.05, 0.1) is 0 Å². The lowest BCUT2D eigenvalue weighted by Crippen LogP contribution is -2.26. The van der Waals surface area contributed by atoms with Gasteiger partial charge in [-0.15, -0.1) is 0 Å². The third kappa shape index (κ3) is 7.65. The Balaban J connectivity index is 3.37. The van der Waals surface area contributed by atoms with E-state index in [2.05, 4.69) is 0 Å². The van der Waals surface area contributed by atoms with Crippen molar-refractivity contribution >= 4 is 5.78 Å². The van der Waals surface area contributed by atoms with Crippen LogP contribution >= 0.6 is 0 Å². The lowest BCUT2D eigenvalue weighted by molar-refractivity contribution is -0.314. The molecule has 0 saturated heterocycles. The van der Waals surface area contributed by atoms with Gasteiger partial charge in [-0.3, -0.25) is 4.79 Å². The Morgan fingerprint density at radius 1 is 1.25 bits per heavy atom. The summed E-state index contributed by atoms with van der Waals surface area (Å²) < 4.78 is 0. The smallest absolute Gasteiger partial charge is 0.275 e. The van der Waals surface area contributed by atoms with Crippen molar-refractivity contribution in [3.8, 4) is 0 Å². The standard InChI is InChI=1S/C8H16O4/c1-2-4-7(9)5-3-6-8(10,11)12/h10-12H,2-6H2,1H3. The van der Waals surface area contributed by atoms with Gasteiger partial charge in [0, 0.05) is 19.3 Å². The second-order valence-corrected chi connectivity index (χ2v) is 2.92. The third-order valence-corrected chi connectivity index (χ3v) is 1.50. The molecule has 0 aromatic carbocycles. The van der Waals surface area contributed by atoms with E-state index in [4.69, 9.17) is 15.3 Å². The molecular formula is C8H16O4. The molecule has 0 heterocycles. The molecule has 0 bridgehead atoms.